The van der Waals surface area contributed by atoms with E-state index in [1.807, 2.05) is 11.9 Å². The molecule has 110 valence electrons. The molecule has 1 aliphatic carbocycles. The summed E-state index contributed by atoms with van der Waals surface area (Å²) in [6, 6.07) is 0. The van der Waals surface area contributed by atoms with Gasteiger partial charge in [-0.15, -0.1) is 0 Å². The zero-order chi connectivity index (χ0) is 13.9. The first-order valence-corrected chi connectivity index (χ1v) is 7.67. The average Bonchev–Trinajstić information content (AvgIpc) is 2.36. The van der Waals surface area contributed by atoms with E-state index in [2.05, 4.69) is 11.9 Å². The van der Waals surface area contributed by atoms with Crippen molar-refractivity contribution in [2.75, 3.05) is 40.3 Å². The molecule has 2 N–H and O–H groups in total. The van der Waals surface area contributed by atoms with Crippen molar-refractivity contribution >= 4 is 5.91 Å². The molecule has 0 aromatic rings. The van der Waals surface area contributed by atoms with Gasteiger partial charge < -0.3 is 15.5 Å². The van der Waals surface area contributed by atoms with Gasteiger partial charge >= 0.3 is 0 Å². The summed E-state index contributed by atoms with van der Waals surface area (Å²) in [6.45, 7) is 3.84. The van der Waals surface area contributed by atoms with Crippen molar-refractivity contribution in [2.24, 2.45) is 17.1 Å². The van der Waals surface area contributed by atoms with E-state index in [1.54, 1.807) is 0 Å². The zero-order valence-electron chi connectivity index (χ0n) is 12.5. The lowest BCUT2D eigenvalue weighted by Crippen LogP contribution is -2.48. The Labute approximate surface area is 117 Å². The highest BCUT2D eigenvalue weighted by Crippen LogP contribution is 2.40. The quantitative estimate of drug-likeness (QED) is 0.817. The van der Waals surface area contributed by atoms with Crippen molar-refractivity contribution in [1.82, 2.24) is 9.80 Å². The number of nitrogens with zero attached hydrogens (tertiary/aromatic N) is 2. The van der Waals surface area contributed by atoms with E-state index in [4.69, 9.17) is 5.73 Å². The van der Waals surface area contributed by atoms with Gasteiger partial charge in [-0.2, -0.15) is 0 Å². The Morgan fingerprint density at radius 3 is 2.47 bits per heavy atom. The molecule has 0 aromatic heterocycles. The second-order valence-corrected chi connectivity index (χ2v) is 6.76. The summed E-state index contributed by atoms with van der Waals surface area (Å²) < 4.78 is 0. The Hall–Kier alpha value is -0.610. The standard InChI is InChI=1S/C15H29N3O/c1-17-8-4-13(5-9-17)10-14(19)18(2)12-15(11-16)6-3-7-15/h13H,3-12,16H2,1-2H3. The number of carbonyl (C=O) groups is 1. The maximum atomic E-state index is 12.3. The first-order valence-electron chi connectivity index (χ1n) is 7.67. The van der Waals surface area contributed by atoms with Gasteiger partial charge in [0.05, 0.1) is 0 Å². The molecule has 1 saturated heterocycles. The van der Waals surface area contributed by atoms with Crippen LogP contribution in [0.4, 0.5) is 0 Å². The molecule has 1 amide bonds. The Balaban J connectivity index is 1.76. The molecular formula is C15H29N3O. The van der Waals surface area contributed by atoms with E-state index < -0.39 is 0 Å². The minimum absolute atomic E-state index is 0.233. The molecule has 1 heterocycles. The van der Waals surface area contributed by atoms with Crippen LogP contribution in [0.2, 0.25) is 0 Å². The predicted molar refractivity (Wildman–Crippen MR) is 77.8 cm³/mol. The number of rotatable bonds is 5. The Bertz CT molecular complexity index is 301. The van der Waals surface area contributed by atoms with Gasteiger partial charge in [-0.25, -0.2) is 0 Å². The molecule has 1 saturated carbocycles. The van der Waals surface area contributed by atoms with E-state index in [0.29, 0.717) is 11.8 Å². The lowest BCUT2D eigenvalue weighted by molar-refractivity contribution is -0.133. The van der Waals surface area contributed by atoms with E-state index >= 15 is 0 Å². The van der Waals surface area contributed by atoms with Crippen molar-refractivity contribution in [1.29, 1.82) is 0 Å². The van der Waals surface area contributed by atoms with Gasteiger partial charge in [0.25, 0.3) is 0 Å². The molecule has 2 rings (SSSR count). The minimum atomic E-state index is 0.233. The summed E-state index contributed by atoms with van der Waals surface area (Å²) in [4.78, 5) is 16.6. The second-order valence-electron chi connectivity index (χ2n) is 6.76. The summed E-state index contributed by atoms with van der Waals surface area (Å²) in [5, 5.41) is 0. The monoisotopic (exact) mass is 267 g/mol. The number of nitrogens with two attached hydrogens (primary N) is 1. The van der Waals surface area contributed by atoms with Crippen LogP contribution in [0.15, 0.2) is 0 Å². The molecule has 19 heavy (non-hydrogen) atoms. The van der Waals surface area contributed by atoms with Gasteiger partial charge in [0.1, 0.15) is 0 Å². The third-order valence-corrected chi connectivity index (χ3v) is 5.15. The van der Waals surface area contributed by atoms with Crippen LogP contribution in [0.1, 0.15) is 38.5 Å². The van der Waals surface area contributed by atoms with Gasteiger partial charge in [0.2, 0.25) is 5.91 Å². The average molecular weight is 267 g/mol. The fraction of sp³-hybridized carbons (Fsp3) is 0.933. The number of hydrogen-bond donors (Lipinski definition) is 1. The topological polar surface area (TPSA) is 49.6 Å². The van der Waals surface area contributed by atoms with Crippen LogP contribution < -0.4 is 5.73 Å². The molecule has 0 unspecified atom stereocenters. The number of likely N-dealkylation sites (tertiary alicyclic amines) is 1. The van der Waals surface area contributed by atoms with E-state index in [-0.39, 0.29) is 5.41 Å². The maximum Gasteiger partial charge on any atom is 0.222 e. The van der Waals surface area contributed by atoms with E-state index in [9.17, 15) is 4.79 Å². The molecule has 2 aliphatic rings. The minimum Gasteiger partial charge on any atom is -0.345 e. The van der Waals surface area contributed by atoms with Crippen molar-refractivity contribution in [3.8, 4) is 0 Å². The predicted octanol–water partition coefficient (Wildman–Crippen LogP) is 1.31. The zero-order valence-corrected chi connectivity index (χ0v) is 12.5. The molecule has 2 fully saturated rings. The van der Waals surface area contributed by atoms with Crippen molar-refractivity contribution in [2.45, 2.75) is 38.5 Å². The molecule has 4 nitrogen and oxygen atoms in total. The van der Waals surface area contributed by atoms with Crippen LogP contribution in [-0.4, -0.2) is 56.0 Å². The lowest BCUT2D eigenvalue weighted by Gasteiger charge is -2.43. The molecule has 4 heteroatoms. The molecule has 1 aliphatic heterocycles. The second kappa shape index (κ2) is 6.23. The van der Waals surface area contributed by atoms with Gasteiger partial charge in [-0.1, -0.05) is 6.42 Å². The van der Waals surface area contributed by atoms with E-state index in [1.165, 1.54) is 19.3 Å². The van der Waals surface area contributed by atoms with Crippen LogP contribution in [0.25, 0.3) is 0 Å². The van der Waals surface area contributed by atoms with Gasteiger partial charge in [0.15, 0.2) is 0 Å². The van der Waals surface area contributed by atoms with Crippen LogP contribution >= 0.6 is 0 Å². The highest BCUT2D eigenvalue weighted by Gasteiger charge is 2.37. The Kier molecular flexibility index (Phi) is 4.85. The molecular weight excluding hydrogens is 238 g/mol. The summed E-state index contributed by atoms with van der Waals surface area (Å²) >= 11 is 0. The third-order valence-electron chi connectivity index (χ3n) is 5.15. The van der Waals surface area contributed by atoms with Gasteiger partial charge in [-0.3, -0.25) is 4.79 Å². The van der Waals surface area contributed by atoms with Crippen molar-refractivity contribution in [3.05, 3.63) is 0 Å². The summed E-state index contributed by atoms with van der Waals surface area (Å²) in [5.74, 6) is 0.899. The first-order chi connectivity index (χ1) is 9.04. The summed E-state index contributed by atoms with van der Waals surface area (Å²) in [7, 11) is 4.11. The van der Waals surface area contributed by atoms with Crippen LogP contribution in [0, 0.1) is 11.3 Å². The van der Waals surface area contributed by atoms with Crippen LogP contribution in [0.3, 0.4) is 0 Å². The molecule has 0 aromatic carbocycles. The maximum absolute atomic E-state index is 12.3. The molecule has 0 atom stereocenters. The summed E-state index contributed by atoms with van der Waals surface area (Å²) in [5.41, 5.74) is 6.11. The largest absolute Gasteiger partial charge is 0.345 e. The van der Waals surface area contributed by atoms with Crippen molar-refractivity contribution < 1.29 is 4.79 Å². The van der Waals surface area contributed by atoms with Gasteiger partial charge in [-0.05, 0) is 58.3 Å². The fourth-order valence-corrected chi connectivity index (χ4v) is 3.36. The number of hydrogen-bond acceptors (Lipinski definition) is 3. The van der Waals surface area contributed by atoms with Gasteiger partial charge in [0, 0.05) is 25.4 Å². The number of piperidine rings is 1. The number of amides is 1. The van der Waals surface area contributed by atoms with Crippen molar-refractivity contribution in [3.63, 3.8) is 0 Å². The smallest absolute Gasteiger partial charge is 0.222 e. The Morgan fingerprint density at radius 1 is 1.37 bits per heavy atom. The fourth-order valence-electron chi connectivity index (χ4n) is 3.36. The Morgan fingerprint density at radius 2 is 2.00 bits per heavy atom. The third kappa shape index (κ3) is 3.69. The summed E-state index contributed by atoms with van der Waals surface area (Å²) in [6.07, 6.45) is 6.71. The van der Waals surface area contributed by atoms with E-state index in [0.717, 1.165) is 45.4 Å². The van der Waals surface area contributed by atoms with Crippen LogP contribution in [-0.2, 0) is 4.79 Å². The lowest BCUT2D eigenvalue weighted by atomic mass is 9.68. The molecule has 0 bridgehead atoms. The highest BCUT2D eigenvalue weighted by molar-refractivity contribution is 5.76. The van der Waals surface area contributed by atoms with Crippen LogP contribution in [0.5, 0.6) is 0 Å². The normalized spacial score (nSPS) is 23.9. The number of carbonyl (C=O) groups excluding carboxylic acids is 1. The SMILES string of the molecule is CN1CCC(CC(=O)N(C)CC2(CN)CCC2)CC1. The first kappa shape index (κ1) is 14.8. The molecule has 0 spiro atoms. The highest BCUT2D eigenvalue weighted by atomic mass is 16.2. The molecule has 0 radical (unpaired) electrons.